The molecule has 21 heavy (non-hydrogen) atoms. The van der Waals surface area contributed by atoms with Gasteiger partial charge in [-0.25, -0.2) is 9.97 Å². The minimum absolute atomic E-state index is 0.0423. The fourth-order valence-electron chi connectivity index (χ4n) is 1.60. The molecule has 0 atom stereocenters. The zero-order valence-electron chi connectivity index (χ0n) is 10.6. The highest BCUT2D eigenvalue weighted by atomic mass is 35.5. The van der Waals surface area contributed by atoms with E-state index >= 15 is 0 Å². The van der Waals surface area contributed by atoms with Crippen LogP contribution < -0.4 is 5.32 Å². The Labute approximate surface area is 129 Å². The summed E-state index contributed by atoms with van der Waals surface area (Å²) in [4.78, 5) is 30.2. The Bertz CT molecular complexity index is 716. The van der Waals surface area contributed by atoms with E-state index in [0.717, 1.165) is 6.07 Å². The van der Waals surface area contributed by atoms with Gasteiger partial charge in [-0.2, -0.15) is 0 Å². The zero-order chi connectivity index (χ0) is 15.6. The molecule has 9 heteroatoms. The van der Waals surface area contributed by atoms with Crippen LogP contribution in [-0.2, 0) is 0 Å². The molecule has 1 heterocycles. The van der Waals surface area contributed by atoms with Crippen molar-refractivity contribution in [3.63, 3.8) is 0 Å². The highest BCUT2D eigenvalue weighted by molar-refractivity contribution is 6.31. The van der Waals surface area contributed by atoms with E-state index in [9.17, 15) is 14.9 Å². The molecular weight excluding hydrogens is 319 g/mol. The number of aromatic nitrogens is 2. The molecule has 0 aliphatic heterocycles. The normalized spacial score (nSPS) is 10.2. The van der Waals surface area contributed by atoms with Crippen molar-refractivity contribution < 1.29 is 9.72 Å². The minimum Gasteiger partial charge on any atom is -0.290 e. The van der Waals surface area contributed by atoms with Crippen molar-refractivity contribution in [3.8, 4) is 0 Å². The molecule has 0 radical (unpaired) electrons. The molecular formula is C12H8Cl2N4O3. The van der Waals surface area contributed by atoms with E-state index in [0.29, 0.717) is 5.69 Å². The first-order valence-corrected chi connectivity index (χ1v) is 6.39. The molecule has 7 nitrogen and oxygen atoms in total. The Morgan fingerprint density at radius 1 is 1.29 bits per heavy atom. The number of amides is 1. The predicted molar refractivity (Wildman–Crippen MR) is 77.8 cm³/mol. The summed E-state index contributed by atoms with van der Waals surface area (Å²) in [7, 11) is 0. The van der Waals surface area contributed by atoms with Gasteiger partial charge in [-0.3, -0.25) is 20.2 Å². The van der Waals surface area contributed by atoms with E-state index in [2.05, 4.69) is 15.3 Å². The van der Waals surface area contributed by atoms with Crippen LogP contribution in [0.5, 0.6) is 0 Å². The van der Waals surface area contributed by atoms with Crippen molar-refractivity contribution in [1.29, 1.82) is 0 Å². The Hall–Kier alpha value is -2.25. The van der Waals surface area contributed by atoms with E-state index in [4.69, 9.17) is 23.2 Å². The number of nitro benzene ring substituents is 1. The number of hydrogen-bond acceptors (Lipinski definition) is 5. The lowest BCUT2D eigenvalue weighted by Crippen LogP contribution is -2.16. The number of hydrogen-bond donors (Lipinski definition) is 1. The van der Waals surface area contributed by atoms with Crippen LogP contribution in [0.15, 0.2) is 24.3 Å². The molecule has 0 saturated carbocycles. The van der Waals surface area contributed by atoms with E-state index in [1.165, 1.54) is 18.2 Å². The van der Waals surface area contributed by atoms with Gasteiger partial charge >= 0.3 is 0 Å². The van der Waals surface area contributed by atoms with E-state index in [1.54, 1.807) is 6.92 Å². The molecule has 0 bridgehead atoms. The van der Waals surface area contributed by atoms with Gasteiger partial charge in [0.25, 0.3) is 11.6 Å². The van der Waals surface area contributed by atoms with Crippen LogP contribution in [0.3, 0.4) is 0 Å². The maximum Gasteiger partial charge on any atom is 0.282 e. The van der Waals surface area contributed by atoms with Crippen LogP contribution in [0, 0.1) is 17.0 Å². The third-order valence-corrected chi connectivity index (χ3v) is 2.88. The predicted octanol–water partition coefficient (Wildman–Crippen LogP) is 3.25. The van der Waals surface area contributed by atoms with Crippen molar-refractivity contribution in [2.45, 2.75) is 6.92 Å². The number of nitrogens with zero attached hydrogens (tertiary/aromatic N) is 3. The first-order chi connectivity index (χ1) is 9.86. The molecule has 1 amide bonds. The lowest BCUT2D eigenvalue weighted by Gasteiger charge is -2.06. The second-order valence-electron chi connectivity index (χ2n) is 4.03. The van der Waals surface area contributed by atoms with Gasteiger partial charge in [-0.05, 0) is 25.1 Å². The molecule has 2 aromatic rings. The molecule has 0 aliphatic carbocycles. The standard InChI is InChI=1S/C12H8Cl2N4O3/c1-6-4-10(14)16-12(15-6)17-11(19)8-5-7(13)2-3-9(8)18(20)21/h2-5H,1H3,(H,15,16,17,19). The van der Waals surface area contributed by atoms with Gasteiger partial charge in [-0.1, -0.05) is 23.2 Å². The zero-order valence-corrected chi connectivity index (χ0v) is 12.1. The number of nitrogens with one attached hydrogen (secondary N) is 1. The molecule has 0 fully saturated rings. The summed E-state index contributed by atoms with van der Waals surface area (Å²) in [6.45, 7) is 1.67. The number of carbonyl (C=O) groups is 1. The molecule has 1 aromatic heterocycles. The summed E-state index contributed by atoms with van der Waals surface area (Å²) in [5.41, 5.74) is -0.00438. The second kappa shape index (κ2) is 6.02. The Balaban J connectivity index is 2.36. The number of benzene rings is 1. The van der Waals surface area contributed by atoms with E-state index < -0.39 is 10.8 Å². The van der Waals surface area contributed by atoms with Crippen LogP contribution >= 0.6 is 23.2 Å². The smallest absolute Gasteiger partial charge is 0.282 e. The fourth-order valence-corrected chi connectivity index (χ4v) is 2.01. The molecule has 0 aliphatic rings. The number of carbonyl (C=O) groups excluding carboxylic acids is 1. The summed E-state index contributed by atoms with van der Waals surface area (Å²) >= 11 is 11.5. The number of rotatable bonds is 3. The number of halogens is 2. The monoisotopic (exact) mass is 326 g/mol. The largest absolute Gasteiger partial charge is 0.290 e. The van der Waals surface area contributed by atoms with Crippen LogP contribution in [0.4, 0.5) is 11.6 Å². The number of aryl methyl sites for hydroxylation is 1. The van der Waals surface area contributed by atoms with Gasteiger partial charge in [0.2, 0.25) is 5.95 Å². The van der Waals surface area contributed by atoms with E-state index in [1.807, 2.05) is 0 Å². The first kappa shape index (κ1) is 15.1. The lowest BCUT2D eigenvalue weighted by atomic mass is 10.1. The average molecular weight is 327 g/mol. The number of anilines is 1. The molecule has 1 aromatic carbocycles. The maximum absolute atomic E-state index is 12.1. The molecule has 0 spiro atoms. The van der Waals surface area contributed by atoms with Gasteiger partial charge in [0.1, 0.15) is 10.7 Å². The Kier molecular flexibility index (Phi) is 4.35. The van der Waals surface area contributed by atoms with Gasteiger partial charge in [0.15, 0.2) is 0 Å². The third kappa shape index (κ3) is 3.65. The van der Waals surface area contributed by atoms with Crippen molar-refractivity contribution in [2.24, 2.45) is 0 Å². The third-order valence-electron chi connectivity index (χ3n) is 2.45. The summed E-state index contributed by atoms with van der Waals surface area (Å²) < 4.78 is 0. The Morgan fingerprint density at radius 3 is 2.62 bits per heavy atom. The van der Waals surface area contributed by atoms with Crippen LogP contribution in [-0.4, -0.2) is 20.8 Å². The summed E-state index contributed by atoms with van der Waals surface area (Å²) in [6.07, 6.45) is 0. The quantitative estimate of drug-likeness (QED) is 0.530. The van der Waals surface area contributed by atoms with Crippen molar-refractivity contribution in [3.05, 3.63) is 55.8 Å². The SMILES string of the molecule is Cc1cc(Cl)nc(NC(=O)c2cc(Cl)ccc2[N+](=O)[O-])n1. The maximum atomic E-state index is 12.1. The van der Waals surface area contributed by atoms with Crippen LogP contribution in [0.25, 0.3) is 0 Å². The molecule has 1 N–H and O–H groups in total. The topological polar surface area (TPSA) is 98.0 Å². The highest BCUT2D eigenvalue weighted by Gasteiger charge is 2.21. The molecule has 0 saturated heterocycles. The van der Waals surface area contributed by atoms with Gasteiger partial charge in [0, 0.05) is 16.8 Å². The Morgan fingerprint density at radius 2 is 2.00 bits per heavy atom. The average Bonchev–Trinajstić information content (AvgIpc) is 2.36. The molecule has 2 rings (SSSR count). The van der Waals surface area contributed by atoms with Crippen molar-refractivity contribution in [1.82, 2.24) is 9.97 Å². The molecule has 0 unspecified atom stereocenters. The van der Waals surface area contributed by atoms with Gasteiger partial charge < -0.3 is 0 Å². The van der Waals surface area contributed by atoms with Crippen LogP contribution in [0.2, 0.25) is 10.2 Å². The second-order valence-corrected chi connectivity index (χ2v) is 4.85. The van der Waals surface area contributed by atoms with Gasteiger partial charge in [-0.15, -0.1) is 0 Å². The van der Waals surface area contributed by atoms with Crippen molar-refractivity contribution >= 4 is 40.7 Å². The summed E-state index contributed by atoms with van der Waals surface area (Å²) in [5.74, 6) is -0.787. The summed E-state index contributed by atoms with van der Waals surface area (Å²) in [6, 6.07) is 5.20. The molecule has 108 valence electrons. The summed E-state index contributed by atoms with van der Waals surface area (Å²) in [5, 5.41) is 13.6. The van der Waals surface area contributed by atoms with Crippen LogP contribution in [0.1, 0.15) is 16.1 Å². The highest BCUT2D eigenvalue weighted by Crippen LogP contribution is 2.23. The number of nitro groups is 1. The fraction of sp³-hybridized carbons (Fsp3) is 0.0833. The first-order valence-electron chi connectivity index (χ1n) is 5.63. The van der Waals surface area contributed by atoms with Crippen molar-refractivity contribution in [2.75, 3.05) is 5.32 Å². The van der Waals surface area contributed by atoms with E-state index in [-0.39, 0.29) is 27.4 Å². The lowest BCUT2D eigenvalue weighted by molar-refractivity contribution is -0.385. The minimum atomic E-state index is -0.745. The van der Waals surface area contributed by atoms with Gasteiger partial charge in [0.05, 0.1) is 4.92 Å².